The summed E-state index contributed by atoms with van der Waals surface area (Å²) in [5.74, 6) is 1.01. The Hall–Kier alpha value is -0.980. The lowest BCUT2D eigenvalue weighted by Gasteiger charge is -2.21. The molecule has 1 unspecified atom stereocenters. The summed E-state index contributed by atoms with van der Waals surface area (Å²) < 4.78 is 33.7. The minimum Gasteiger partial charge on any atom is -0.493 e. The van der Waals surface area contributed by atoms with Gasteiger partial charge < -0.3 is 14.8 Å². The molecule has 0 amide bonds. The van der Waals surface area contributed by atoms with Crippen molar-refractivity contribution in [3.8, 4) is 11.5 Å². The summed E-state index contributed by atoms with van der Waals surface area (Å²) in [7, 11) is -0.0938. The third kappa shape index (κ3) is 5.37. The predicted molar refractivity (Wildman–Crippen MR) is 85.3 cm³/mol. The Morgan fingerprint density at radius 2 is 1.81 bits per heavy atom. The van der Waals surface area contributed by atoms with E-state index >= 15 is 0 Å². The normalized spacial score (nSPS) is 13.0. The standard InChI is InChI=1S/C14H22ClNO4S/c1-5-6-16-12(9-21(4,17)18)10-7-13(19-2)14(20-3)8-11(10)15/h7-8,12,16H,5-6,9H2,1-4H3. The predicted octanol–water partition coefficient (Wildman–Crippen LogP) is 2.44. The molecular formula is C14H22ClNO4S. The Balaban J connectivity index is 3.22. The van der Waals surface area contributed by atoms with Crippen molar-refractivity contribution < 1.29 is 17.9 Å². The van der Waals surface area contributed by atoms with E-state index in [0.717, 1.165) is 6.42 Å². The molecule has 0 spiro atoms. The topological polar surface area (TPSA) is 64.6 Å². The molecule has 1 aromatic rings. The Morgan fingerprint density at radius 1 is 1.24 bits per heavy atom. The minimum atomic E-state index is -3.15. The van der Waals surface area contributed by atoms with Gasteiger partial charge in [-0.15, -0.1) is 0 Å². The van der Waals surface area contributed by atoms with Crippen molar-refractivity contribution in [2.75, 3.05) is 32.8 Å². The molecule has 0 saturated heterocycles. The van der Waals surface area contributed by atoms with Crippen LogP contribution in [0, 0.1) is 0 Å². The van der Waals surface area contributed by atoms with E-state index in [0.29, 0.717) is 28.6 Å². The molecule has 1 atom stereocenters. The number of halogens is 1. The van der Waals surface area contributed by atoms with Crippen molar-refractivity contribution in [1.82, 2.24) is 5.32 Å². The van der Waals surface area contributed by atoms with Crippen LogP contribution in [0.3, 0.4) is 0 Å². The number of hydrogen-bond acceptors (Lipinski definition) is 5. The van der Waals surface area contributed by atoms with Gasteiger partial charge in [0.05, 0.1) is 20.0 Å². The first kappa shape index (κ1) is 18.1. The van der Waals surface area contributed by atoms with Gasteiger partial charge in [0.2, 0.25) is 0 Å². The van der Waals surface area contributed by atoms with E-state index in [1.165, 1.54) is 20.5 Å². The Kier molecular flexibility index (Phi) is 6.77. The van der Waals surface area contributed by atoms with E-state index in [2.05, 4.69) is 5.32 Å². The molecule has 0 saturated carbocycles. The Bertz CT molecular complexity index is 575. The lowest BCUT2D eigenvalue weighted by Crippen LogP contribution is -2.28. The lowest BCUT2D eigenvalue weighted by atomic mass is 10.1. The van der Waals surface area contributed by atoms with E-state index in [9.17, 15) is 8.42 Å². The zero-order valence-corrected chi connectivity index (χ0v) is 14.3. The largest absolute Gasteiger partial charge is 0.493 e. The first-order chi connectivity index (χ1) is 9.82. The Morgan fingerprint density at radius 3 is 2.29 bits per heavy atom. The first-order valence-corrected chi connectivity index (χ1v) is 9.08. The van der Waals surface area contributed by atoms with Crippen molar-refractivity contribution in [3.05, 3.63) is 22.7 Å². The number of methoxy groups -OCH3 is 2. The molecule has 0 fully saturated rings. The monoisotopic (exact) mass is 335 g/mol. The van der Waals surface area contributed by atoms with E-state index < -0.39 is 9.84 Å². The van der Waals surface area contributed by atoms with Crippen LogP contribution in [0.15, 0.2) is 12.1 Å². The average molecular weight is 336 g/mol. The van der Waals surface area contributed by atoms with Gasteiger partial charge in [0, 0.05) is 23.4 Å². The Labute approximate surface area is 131 Å². The second-order valence-corrected chi connectivity index (χ2v) is 7.42. The van der Waals surface area contributed by atoms with Gasteiger partial charge in [0.25, 0.3) is 0 Å². The van der Waals surface area contributed by atoms with Crippen LogP contribution < -0.4 is 14.8 Å². The molecule has 5 nitrogen and oxygen atoms in total. The highest BCUT2D eigenvalue weighted by Crippen LogP contribution is 2.36. The highest BCUT2D eigenvalue weighted by Gasteiger charge is 2.21. The van der Waals surface area contributed by atoms with E-state index in [1.54, 1.807) is 12.1 Å². The molecule has 0 aromatic heterocycles. The van der Waals surface area contributed by atoms with Crippen molar-refractivity contribution in [2.24, 2.45) is 0 Å². The molecule has 21 heavy (non-hydrogen) atoms. The van der Waals surface area contributed by atoms with Crippen molar-refractivity contribution in [3.63, 3.8) is 0 Å². The maximum Gasteiger partial charge on any atom is 0.162 e. The molecule has 0 aliphatic rings. The van der Waals surface area contributed by atoms with E-state index in [1.807, 2.05) is 6.92 Å². The molecule has 1 rings (SSSR count). The smallest absolute Gasteiger partial charge is 0.162 e. The number of nitrogens with one attached hydrogen (secondary N) is 1. The highest BCUT2D eigenvalue weighted by molar-refractivity contribution is 7.90. The maximum absolute atomic E-state index is 11.6. The van der Waals surface area contributed by atoms with Gasteiger partial charge in [0.1, 0.15) is 9.84 Å². The van der Waals surface area contributed by atoms with Gasteiger partial charge in [-0.05, 0) is 24.6 Å². The molecule has 0 heterocycles. The van der Waals surface area contributed by atoms with Crippen molar-refractivity contribution >= 4 is 21.4 Å². The van der Waals surface area contributed by atoms with E-state index in [4.69, 9.17) is 21.1 Å². The first-order valence-electron chi connectivity index (χ1n) is 6.64. The van der Waals surface area contributed by atoms with Crippen LogP contribution in [-0.4, -0.2) is 41.2 Å². The summed E-state index contributed by atoms with van der Waals surface area (Å²) in [4.78, 5) is 0. The van der Waals surface area contributed by atoms with Gasteiger partial charge in [0.15, 0.2) is 11.5 Å². The van der Waals surface area contributed by atoms with Gasteiger partial charge in [-0.2, -0.15) is 0 Å². The summed E-state index contributed by atoms with van der Waals surface area (Å²) in [6.45, 7) is 2.71. The zero-order valence-electron chi connectivity index (χ0n) is 12.8. The summed E-state index contributed by atoms with van der Waals surface area (Å²) in [6, 6.07) is 2.98. The van der Waals surface area contributed by atoms with Crippen LogP contribution in [0.5, 0.6) is 11.5 Å². The second kappa shape index (κ2) is 7.87. The van der Waals surface area contributed by atoms with Crippen molar-refractivity contribution in [1.29, 1.82) is 0 Å². The van der Waals surface area contributed by atoms with Crippen LogP contribution in [0.4, 0.5) is 0 Å². The average Bonchev–Trinajstić information content (AvgIpc) is 2.42. The van der Waals surface area contributed by atoms with Crippen LogP contribution in [0.1, 0.15) is 24.9 Å². The molecular weight excluding hydrogens is 314 g/mol. The fourth-order valence-electron chi connectivity index (χ4n) is 2.02. The van der Waals surface area contributed by atoms with Gasteiger partial charge >= 0.3 is 0 Å². The van der Waals surface area contributed by atoms with Gasteiger partial charge in [-0.25, -0.2) is 8.42 Å². The zero-order chi connectivity index (χ0) is 16.0. The lowest BCUT2D eigenvalue weighted by molar-refractivity contribution is 0.354. The van der Waals surface area contributed by atoms with Crippen molar-refractivity contribution in [2.45, 2.75) is 19.4 Å². The number of ether oxygens (including phenoxy) is 2. The fourth-order valence-corrected chi connectivity index (χ4v) is 3.21. The molecule has 0 bridgehead atoms. The second-order valence-electron chi connectivity index (χ2n) is 4.83. The number of sulfone groups is 1. The molecule has 1 aromatic carbocycles. The molecule has 7 heteroatoms. The molecule has 0 radical (unpaired) electrons. The summed E-state index contributed by atoms with van der Waals surface area (Å²) in [6.07, 6.45) is 2.10. The molecule has 0 aliphatic carbocycles. The third-order valence-electron chi connectivity index (χ3n) is 2.99. The van der Waals surface area contributed by atoms with Gasteiger partial charge in [-0.1, -0.05) is 18.5 Å². The summed E-state index contributed by atoms with van der Waals surface area (Å²) in [5, 5.41) is 3.66. The minimum absolute atomic E-state index is 0.0256. The number of rotatable bonds is 8. The summed E-state index contributed by atoms with van der Waals surface area (Å²) in [5.41, 5.74) is 0.688. The number of benzene rings is 1. The number of hydrogen-bond donors (Lipinski definition) is 1. The van der Waals surface area contributed by atoms with Crippen LogP contribution in [0.25, 0.3) is 0 Å². The maximum atomic E-state index is 11.6. The quantitative estimate of drug-likeness (QED) is 0.790. The summed E-state index contributed by atoms with van der Waals surface area (Å²) >= 11 is 6.27. The van der Waals surface area contributed by atoms with Crippen LogP contribution in [-0.2, 0) is 9.84 Å². The molecule has 120 valence electrons. The molecule has 0 aliphatic heterocycles. The van der Waals surface area contributed by atoms with Gasteiger partial charge in [-0.3, -0.25) is 0 Å². The SMILES string of the molecule is CCCNC(CS(C)(=O)=O)c1cc(OC)c(OC)cc1Cl. The van der Waals surface area contributed by atoms with Crippen LogP contribution >= 0.6 is 11.6 Å². The third-order valence-corrected chi connectivity index (χ3v) is 4.25. The van der Waals surface area contributed by atoms with Crippen LogP contribution in [0.2, 0.25) is 5.02 Å². The fraction of sp³-hybridized carbons (Fsp3) is 0.571. The van der Waals surface area contributed by atoms with E-state index in [-0.39, 0.29) is 11.8 Å². The highest BCUT2D eigenvalue weighted by atomic mass is 35.5. The molecule has 1 N–H and O–H groups in total.